The highest BCUT2D eigenvalue weighted by molar-refractivity contribution is 7.89. The highest BCUT2D eigenvalue weighted by Gasteiger charge is 2.31. The van der Waals surface area contributed by atoms with Crippen molar-refractivity contribution in [3.63, 3.8) is 0 Å². The van der Waals surface area contributed by atoms with Crippen LogP contribution in [-0.4, -0.2) is 50.1 Å². The number of nitrogens with zero attached hydrogens (tertiary/aromatic N) is 1. The van der Waals surface area contributed by atoms with Crippen LogP contribution < -0.4 is 0 Å². The Morgan fingerprint density at radius 3 is 2.52 bits per heavy atom. The van der Waals surface area contributed by atoms with Gasteiger partial charge in [-0.05, 0) is 31.0 Å². The largest absolute Gasteiger partial charge is 0.478 e. The Hall–Kier alpha value is -1.15. The molecule has 1 aromatic rings. The monoisotopic (exact) mass is 333 g/mol. The number of ether oxygens (including phenoxy) is 1. The number of methoxy groups -OCH3 is 1. The van der Waals surface area contributed by atoms with Crippen LogP contribution in [0.4, 0.5) is 0 Å². The van der Waals surface area contributed by atoms with E-state index in [-0.39, 0.29) is 21.6 Å². The van der Waals surface area contributed by atoms with E-state index in [1.807, 2.05) is 0 Å². The molecule has 1 aromatic carbocycles. The third-order valence-electron chi connectivity index (χ3n) is 3.53. The second-order valence-electron chi connectivity index (χ2n) is 4.79. The van der Waals surface area contributed by atoms with Crippen molar-refractivity contribution < 1.29 is 23.1 Å². The molecule has 0 unspecified atom stereocenters. The minimum atomic E-state index is -3.80. The van der Waals surface area contributed by atoms with Crippen LogP contribution in [0.2, 0.25) is 5.02 Å². The van der Waals surface area contributed by atoms with Crippen LogP contribution in [0.5, 0.6) is 0 Å². The zero-order chi connectivity index (χ0) is 15.6. The second kappa shape index (κ2) is 6.31. The van der Waals surface area contributed by atoms with Crippen molar-refractivity contribution in [1.82, 2.24) is 4.31 Å². The lowest BCUT2D eigenvalue weighted by molar-refractivity contribution is 0.0604. The van der Waals surface area contributed by atoms with Crippen molar-refractivity contribution in [1.29, 1.82) is 0 Å². The molecular weight excluding hydrogens is 318 g/mol. The van der Waals surface area contributed by atoms with Crippen LogP contribution in [0, 0.1) is 0 Å². The molecule has 6 nitrogen and oxygen atoms in total. The number of carboxylic acids is 1. The molecule has 116 valence electrons. The molecule has 0 atom stereocenters. The van der Waals surface area contributed by atoms with E-state index < -0.39 is 16.0 Å². The number of rotatable bonds is 4. The topological polar surface area (TPSA) is 83.9 Å². The summed E-state index contributed by atoms with van der Waals surface area (Å²) in [4.78, 5) is 10.8. The van der Waals surface area contributed by atoms with E-state index in [9.17, 15) is 13.2 Å². The van der Waals surface area contributed by atoms with Gasteiger partial charge in [-0.3, -0.25) is 0 Å². The number of piperidine rings is 1. The van der Waals surface area contributed by atoms with E-state index in [4.69, 9.17) is 21.4 Å². The Balaban J connectivity index is 2.32. The quantitative estimate of drug-likeness (QED) is 0.908. The molecule has 1 heterocycles. The lowest BCUT2D eigenvalue weighted by Gasteiger charge is -2.30. The maximum atomic E-state index is 12.6. The van der Waals surface area contributed by atoms with E-state index >= 15 is 0 Å². The van der Waals surface area contributed by atoms with Crippen LogP contribution in [0.3, 0.4) is 0 Å². The first-order chi connectivity index (χ1) is 9.86. The fraction of sp³-hybridized carbons (Fsp3) is 0.462. The van der Waals surface area contributed by atoms with Gasteiger partial charge in [-0.1, -0.05) is 11.6 Å². The van der Waals surface area contributed by atoms with E-state index in [0.29, 0.717) is 25.9 Å². The zero-order valence-electron chi connectivity index (χ0n) is 11.5. The Labute approximate surface area is 128 Å². The van der Waals surface area contributed by atoms with Gasteiger partial charge in [0.05, 0.1) is 16.7 Å². The molecule has 0 aliphatic carbocycles. The smallest absolute Gasteiger partial charge is 0.335 e. The average Bonchev–Trinajstić information content (AvgIpc) is 2.47. The van der Waals surface area contributed by atoms with Crippen LogP contribution in [0.1, 0.15) is 23.2 Å². The summed E-state index contributed by atoms with van der Waals surface area (Å²) >= 11 is 5.94. The molecule has 0 amide bonds. The highest BCUT2D eigenvalue weighted by atomic mass is 35.5. The number of halogens is 1. The fourth-order valence-electron chi connectivity index (χ4n) is 2.28. The molecule has 21 heavy (non-hydrogen) atoms. The first-order valence-electron chi connectivity index (χ1n) is 6.42. The maximum absolute atomic E-state index is 12.6. The molecule has 2 rings (SSSR count). The Morgan fingerprint density at radius 2 is 2.00 bits per heavy atom. The SMILES string of the molecule is COC1CCN(S(=O)(=O)c2cc(C(=O)O)ccc2Cl)CC1. The van der Waals surface area contributed by atoms with Gasteiger partial charge in [-0.2, -0.15) is 4.31 Å². The Morgan fingerprint density at radius 1 is 1.38 bits per heavy atom. The molecule has 0 spiro atoms. The highest BCUT2D eigenvalue weighted by Crippen LogP contribution is 2.28. The number of benzene rings is 1. The average molecular weight is 334 g/mol. The van der Waals surface area contributed by atoms with E-state index in [2.05, 4.69) is 0 Å². The molecule has 1 aliphatic rings. The minimum absolute atomic E-state index is 0.0221. The number of carboxylic acid groups (broad SMARTS) is 1. The van der Waals surface area contributed by atoms with Gasteiger partial charge < -0.3 is 9.84 Å². The van der Waals surface area contributed by atoms with E-state index in [1.165, 1.54) is 16.4 Å². The molecule has 1 fully saturated rings. The number of hydrogen-bond donors (Lipinski definition) is 1. The van der Waals surface area contributed by atoms with Gasteiger partial charge in [0.2, 0.25) is 10.0 Å². The fourth-order valence-corrected chi connectivity index (χ4v) is 4.25. The summed E-state index contributed by atoms with van der Waals surface area (Å²) in [7, 11) is -2.20. The van der Waals surface area contributed by atoms with Crippen molar-refractivity contribution in [2.75, 3.05) is 20.2 Å². The molecule has 1 aliphatic heterocycles. The summed E-state index contributed by atoms with van der Waals surface area (Å²) in [6, 6.07) is 3.67. The van der Waals surface area contributed by atoms with Crippen molar-refractivity contribution >= 4 is 27.6 Å². The predicted molar refractivity (Wildman–Crippen MR) is 77.2 cm³/mol. The van der Waals surface area contributed by atoms with Gasteiger partial charge in [0.1, 0.15) is 4.90 Å². The summed E-state index contributed by atoms with van der Waals surface area (Å²) in [5, 5.41) is 9.00. The third kappa shape index (κ3) is 3.37. The van der Waals surface area contributed by atoms with Crippen molar-refractivity contribution in [2.24, 2.45) is 0 Å². The maximum Gasteiger partial charge on any atom is 0.335 e. The molecule has 1 N–H and O–H groups in total. The summed E-state index contributed by atoms with van der Waals surface area (Å²) in [5.74, 6) is -1.19. The first kappa shape index (κ1) is 16.2. The van der Waals surface area contributed by atoms with Crippen LogP contribution >= 0.6 is 11.6 Å². The summed E-state index contributed by atoms with van der Waals surface area (Å²) < 4.78 is 31.7. The van der Waals surface area contributed by atoms with E-state index in [0.717, 1.165) is 6.07 Å². The third-order valence-corrected chi connectivity index (χ3v) is 5.91. The predicted octanol–water partition coefficient (Wildman–Crippen LogP) is 1.84. The van der Waals surface area contributed by atoms with Crippen LogP contribution in [-0.2, 0) is 14.8 Å². The van der Waals surface area contributed by atoms with Gasteiger partial charge in [0.15, 0.2) is 0 Å². The lowest BCUT2D eigenvalue weighted by Crippen LogP contribution is -2.40. The lowest BCUT2D eigenvalue weighted by atomic mass is 10.1. The van der Waals surface area contributed by atoms with Gasteiger partial charge >= 0.3 is 5.97 Å². The zero-order valence-corrected chi connectivity index (χ0v) is 13.0. The first-order valence-corrected chi connectivity index (χ1v) is 8.24. The number of carbonyl (C=O) groups is 1. The molecule has 8 heteroatoms. The molecule has 0 aromatic heterocycles. The van der Waals surface area contributed by atoms with Gasteiger partial charge in [0.25, 0.3) is 0 Å². The van der Waals surface area contributed by atoms with E-state index in [1.54, 1.807) is 7.11 Å². The van der Waals surface area contributed by atoms with Gasteiger partial charge in [0, 0.05) is 20.2 Å². The minimum Gasteiger partial charge on any atom is -0.478 e. The van der Waals surface area contributed by atoms with Crippen molar-refractivity contribution in [3.8, 4) is 0 Å². The van der Waals surface area contributed by atoms with Gasteiger partial charge in [-0.15, -0.1) is 0 Å². The van der Waals surface area contributed by atoms with Crippen LogP contribution in [0.15, 0.2) is 23.1 Å². The summed E-state index contributed by atoms with van der Waals surface area (Å²) in [5.41, 5.74) is -0.107. The molecule has 1 saturated heterocycles. The normalized spacial score (nSPS) is 17.8. The molecular formula is C13H16ClNO5S. The molecule has 0 saturated carbocycles. The number of sulfonamides is 1. The summed E-state index contributed by atoms with van der Waals surface area (Å²) in [6.07, 6.45) is 1.26. The van der Waals surface area contributed by atoms with Gasteiger partial charge in [-0.25, -0.2) is 13.2 Å². The van der Waals surface area contributed by atoms with Crippen LogP contribution in [0.25, 0.3) is 0 Å². The summed E-state index contributed by atoms with van der Waals surface area (Å²) in [6.45, 7) is 0.656. The standard InChI is InChI=1S/C13H16ClNO5S/c1-20-10-4-6-15(7-5-10)21(18,19)12-8-9(13(16)17)2-3-11(12)14/h2-3,8,10H,4-7H2,1H3,(H,16,17). The van der Waals surface area contributed by atoms with Crippen molar-refractivity contribution in [2.45, 2.75) is 23.8 Å². The molecule has 0 bridgehead atoms. The number of hydrogen-bond acceptors (Lipinski definition) is 4. The second-order valence-corrected chi connectivity index (χ2v) is 7.10. The number of aromatic carboxylic acids is 1. The van der Waals surface area contributed by atoms with Crippen molar-refractivity contribution in [3.05, 3.63) is 28.8 Å². The Kier molecular flexibility index (Phi) is 4.88. The Bertz CT molecular complexity index is 638. The molecule has 0 radical (unpaired) electrons.